The first kappa shape index (κ1) is 16.0. The van der Waals surface area contributed by atoms with Gasteiger partial charge in [0.15, 0.2) is 0 Å². The second kappa shape index (κ2) is 8.83. The summed E-state index contributed by atoms with van der Waals surface area (Å²) in [6.45, 7) is 4.63. The summed E-state index contributed by atoms with van der Waals surface area (Å²) >= 11 is 0. The average molecular weight is 290 g/mol. The molecular formula is C19H31P. The zero-order valence-electron chi connectivity index (χ0n) is 13.4. The number of hydrogen-bond acceptors (Lipinski definition) is 0. The van der Waals surface area contributed by atoms with Crippen molar-refractivity contribution in [2.45, 2.75) is 77.3 Å². The van der Waals surface area contributed by atoms with Crippen molar-refractivity contribution >= 4 is 13.2 Å². The Morgan fingerprint density at radius 1 is 0.950 bits per heavy atom. The first-order valence-electron chi connectivity index (χ1n) is 8.70. The molecule has 0 aromatic heterocycles. The zero-order valence-corrected chi connectivity index (χ0v) is 14.3. The average Bonchev–Trinajstić information content (AvgIpc) is 2.52. The molecule has 1 aliphatic carbocycles. The van der Waals surface area contributed by atoms with Gasteiger partial charge in [-0.05, 0) is 48.4 Å². The molecule has 0 N–H and O–H groups in total. The minimum absolute atomic E-state index is 0.101. The normalized spacial score (nSPS) is 18.1. The lowest BCUT2D eigenvalue weighted by Crippen LogP contribution is -2.18. The van der Waals surface area contributed by atoms with Gasteiger partial charge < -0.3 is 0 Å². The third-order valence-electron chi connectivity index (χ3n) is 4.57. The van der Waals surface area contributed by atoms with Gasteiger partial charge in [0, 0.05) is 0 Å². The maximum atomic E-state index is 2.46. The molecule has 1 heteroatoms. The first-order valence-corrected chi connectivity index (χ1v) is 10.3. The molecular weight excluding hydrogens is 259 g/mol. The first-order chi connectivity index (χ1) is 9.85. The van der Waals surface area contributed by atoms with Crippen molar-refractivity contribution in [2.24, 2.45) is 0 Å². The quantitative estimate of drug-likeness (QED) is 0.550. The molecule has 1 aromatic carbocycles. The van der Waals surface area contributed by atoms with Crippen LogP contribution in [-0.2, 0) is 6.42 Å². The van der Waals surface area contributed by atoms with Gasteiger partial charge in [-0.15, -0.1) is 0 Å². The van der Waals surface area contributed by atoms with Crippen LogP contribution in [0.4, 0.5) is 0 Å². The molecule has 0 amide bonds. The molecule has 20 heavy (non-hydrogen) atoms. The molecule has 0 spiro atoms. The third kappa shape index (κ3) is 4.59. The second-order valence-electron chi connectivity index (χ2n) is 6.26. The van der Waals surface area contributed by atoms with Crippen LogP contribution in [0.25, 0.3) is 0 Å². The van der Waals surface area contributed by atoms with E-state index in [4.69, 9.17) is 0 Å². The van der Waals surface area contributed by atoms with E-state index in [9.17, 15) is 0 Å². The molecule has 1 saturated carbocycles. The maximum Gasteiger partial charge on any atom is -0.0169 e. The van der Waals surface area contributed by atoms with Gasteiger partial charge in [0.2, 0.25) is 0 Å². The summed E-state index contributed by atoms with van der Waals surface area (Å²) in [7, 11) is 0.101. The maximum absolute atomic E-state index is 2.46. The number of benzene rings is 1. The summed E-state index contributed by atoms with van der Waals surface area (Å²) in [6.07, 6.45) is 14.1. The molecule has 0 aliphatic heterocycles. The lowest BCUT2D eigenvalue weighted by molar-refractivity contribution is 0.511. The molecule has 0 radical (unpaired) electrons. The fourth-order valence-electron chi connectivity index (χ4n) is 3.39. The van der Waals surface area contributed by atoms with Gasteiger partial charge in [-0.25, -0.2) is 0 Å². The smallest absolute Gasteiger partial charge is 0.0169 e. The van der Waals surface area contributed by atoms with Crippen LogP contribution in [0.2, 0.25) is 0 Å². The summed E-state index contributed by atoms with van der Waals surface area (Å²) < 4.78 is 0. The van der Waals surface area contributed by atoms with E-state index in [-0.39, 0.29) is 7.92 Å². The Morgan fingerprint density at radius 3 is 2.25 bits per heavy atom. The van der Waals surface area contributed by atoms with Gasteiger partial charge in [0.25, 0.3) is 0 Å². The largest absolute Gasteiger partial charge is 0.0722 e. The summed E-state index contributed by atoms with van der Waals surface area (Å²) in [5, 5.41) is 1.67. The minimum atomic E-state index is 0.101. The highest BCUT2D eigenvalue weighted by Crippen LogP contribution is 2.47. The summed E-state index contributed by atoms with van der Waals surface area (Å²) in [5.74, 6) is 0. The number of rotatable bonds is 7. The van der Waals surface area contributed by atoms with E-state index in [2.05, 4.69) is 38.1 Å². The topological polar surface area (TPSA) is 0 Å². The van der Waals surface area contributed by atoms with Crippen molar-refractivity contribution in [2.75, 3.05) is 6.16 Å². The van der Waals surface area contributed by atoms with E-state index in [1.165, 1.54) is 69.5 Å². The monoisotopic (exact) mass is 290 g/mol. The van der Waals surface area contributed by atoms with Crippen LogP contribution < -0.4 is 5.30 Å². The second-order valence-corrected chi connectivity index (χ2v) is 8.89. The van der Waals surface area contributed by atoms with Crippen LogP contribution in [0.5, 0.6) is 0 Å². The van der Waals surface area contributed by atoms with E-state index in [0.717, 1.165) is 5.66 Å². The van der Waals surface area contributed by atoms with Gasteiger partial charge in [0.1, 0.15) is 0 Å². The van der Waals surface area contributed by atoms with Gasteiger partial charge in [-0.2, -0.15) is 0 Å². The molecule has 1 fully saturated rings. The van der Waals surface area contributed by atoms with Crippen LogP contribution in [0.15, 0.2) is 24.3 Å². The third-order valence-corrected chi connectivity index (χ3v) is 7.86. The summed E-state index contributed by atoms with van der Waals surface area (Å²) in [4.78, 5) is 0. The van der Waals surface area contributed by atoms with Crippen LogP contribution in [0.3, 0.4) is 0 Å². The van der Waals surface area contributed by atoms with Gasteiger partial charge >= 0.3 is 0 Å². The lowest BCUT2D eigenvalue weighted by atomic mass is 10.0. The van der Waals surface area contributed by atoms with Gasteiger partial charge in [-0.3, -0.25) is 0 Å². The minimum Gasteiger partial charge on any atom is -0.0722 e. The highest BCUT2D eigenvalue weighted by atomic mass is 31.1. The number of unbranched alkanes of at least 4 members (excludes halogenated alkanes) is 1. The summed E-state index contributed by atoms with van der Waals surface area (Å²) in [6, 6.07) is 9.72. The van der Waals surface area contributed by atoms with Crippen LogP contribution in [0, 0.1) is 0 Å². The van der Waals surface area contributed by atoms with E-state index in [1.807, 2.05) is 0 Å². The van der Waals surface area contributed by atoms with E-state index >= 15 is 0 Å². The molecule has 2 rings (SSSR count). The van der Waals surface area contributed by atoms with E-state index in [1.54, 1.807) is 5.30 Å². The molecule has 0 saturated heterocycles. The summed E-state index contributed by atoms with van der Waals surface area (Å²) in [5.41, 5.74) is 2.55. The highest BCUT2D eigenvalue weighted by Gasteiger charge is 2.23. The molecule has 0 bridgehead atoms. The molecule has 112 valence electrons. The fraction of sp³-hybridized carbons (Fsp3) is 0.684. The Labute approximate surface area is 127 Å². The molecule has 1 atom stereocenters. The molecule has 0 heterocycles. The van der Waals surface area contributed by atoms with Crippen molar-refractivity contribution in [3.63, 3.8) is 0 Å². The van der Waals surface area contributed by atoms with Gasteiger partial charge in [-0.1, -0.05) is 78.1 Å². The zero-order chi connectivity index (χ0) is 14.2. The molecule has 1 aromatic rings. The SMILES string of the molecule is CCCCc1ccc(P(CCC)C2CCCCC2)cc1. The Kier molecular flexibility index (Phi) is 7.08. The van der Waals surface area contributed by atoms with E-state index < -0.39 is 0 Å². The predicted molar refractivity (Wildman–Crippen MR) is 93.6 cm³/mol. The van der Waals surface area contributed by atoms with Crippen LogP contribution >= 0.6 is 7.92 Å². The van der Waals surface area contributed by atoms with Crippen molar-refractivity contribution in [1.82, 2.24) is 0 Å². The standard InChI is InChI=1S/C19H31P/c1-3-5-9-17-12-14-19(15-13-17)20(16-4-2)18-10-7-6-8-11-18/h12-15,18H,3-11,16H2,1-2H3. The van der Waals surface area contributed by atoms with Crippen molar-refractivity contribution < 1.29 is 0 Å². The molecule has 1 unspecified atom stereocenters. The highest BCUT2D eigenvalue weighted by molar-refractivity contribution is 7.66. The number of aryl methyl sites for hydroxylation is 1. The van der Waals surface area contributed by atoms with Crippen molar-refractivity contribution in [3.05, 3.63) is 29.8 Å². The Balaban J connectivity index is 2.04. The van der Waals surface area contributed by atoms with E-state index in [0.29, 0.717) is 0 Å². The number of hydrogen-bond donors (Lipinski definition) is 0. The Morgan fingerprint density at radius 2 is 1.65 bits per heavy atom. The predicted octanol–water partition coefficient (Wildman–Crippen LogP) is 5.88. The molecule has 0 nitrogen and oxygen atoms in total. The fourth-order valence-corrected chi connectivity index (χ4v) is 6.44. The van der Waals surface area contributed by atoms with Crippen LogP contribution in [-0.4, -0.2) is 11.8 Å². The van der Waals surface area contributed by atoms with Crippen molar-refractivity contribution in [1.29, 1.82) is 0 Å². The Hall–Kier alpha value is -0.350. The lowest BCUT2D eigenvalue weighted by Gasteiger charge is -2.31. The Bertz CT molecular complexity index is 362. The van der Waals surface area contributed by atoms with Crippen molar-refractivity contribution in [3.8, 4) is 0 Å². The van der Waals surface area contributed by atoms with Crippen LogP contribution in [0.1, 0.15) is 70.8 Å². The van der Waals surface area contributed by atoms with Gasteiger partial charge in [0.05, 0.1) is 0 Å². The molecule has 1 aliphatic rings.